The Bertz CT molecular complexity index is 929. The summed E-state index contributed by atoms with van der Waals surface area (Å²) in [6.07, 6.45) is 4.22. The van der Waals surface area contributed by atoms with E-state index in [1.165, 1.54) is 27.8 Å². The van der Waals surface area contributed by atoms with Gasteiger partial charge in [0.05, 0.1) is 6.10 Å². The van der Waals surface area contributed by atoms with Gasteiger partial charge in [0.25, 0.3) is 0 Å². The first-order chi connectivity index (χ1) is 12.6. The molecule has 3 heterocycles. The lowest BCUT2D eigenvalue weighted by atomic mass is 10.1. The van der Waals surface area contributed by atoms with Gasteiger partial charge >= 0.3 is 0 Å². The predicted octanol–water partition coefficient (Wildman–Crippen LogP) is 4.99. The van der Waals surface area contributed by atoms with E-state index in [1.54, 1.807) is 0 Å². The number of benzene rings is 1. The van der Waals surface area contributed by atoms with Crippen LogP contribution in [-0.4, -0.2) is 28.9 Å². The van der Waals surface area contributed by atoms with Crippen LogP contribution in [0.3, 0.4) is 0 Å². The lowest BCUT2D eigenvalue weighted by molar-refractivity contribution is 0.0668. The third-order valence-corrected chi connectivity index (χ3v) is 5.37. The van der Waals surface area contributed by atoms with Crippen molar-refractivity contribution in [2.75, 3.05) is 13.2 Å². The van der Waals surface area contributed by atoms with Crippen molar-refractivity contribution in [3.63, 3.8) is 0 Å². The number of fused-ring (bicyclic) bond motifs is 1. The van der Waals surface area contributed by atoms with E-state index in [0.29, 0.717) is 12.5 Å². The predicted molar refractivity (Wildman–Crippen MR) is 111 cm³/mol. The van der Waals surface area contributed by atoms with Crippen LogP contribution in [0.15, 0.2) is 36.5 Å². The fraction of sp³-hybridized carbons (Fsp3) is 0.409. The highest BCUT2D eigenvalue weighted by Crippen LogP contribution is 2.32. The van der Waals surface area contributed by atoms with Crippen molar-refractivity contribution in [2.24, 2.45) is 0 Å². The molecule has 0 N–H and O–H groups in total. The van der Waals surface area contributed by atoms with Crippen LogP contribution in [0.25, 0.3) is 10.9 Å². The third kappa shape index (κ3) is 3.97. The fourth-order valence-electron chi connectivity index (χ4n) is 3.81. The highest BCUT2D eigenvalue weighted by atomic mass is 35.5. The van der Waals surface area contributed by atoms with Gasteiger partial charge in [0.15, 0.2) is 0 Å². The van der Waals surface area contributed by atoms with Crippen molar-refractivity contribution >= 4 is 23.3 Å². The Morgan fingerprint density at radius 3 is 2.81 bits per heavy atom. The summed E-state index contributed by atoms with van der Waals surface area (Å²) < 4.78 is 14.1. The molecule has 144 valence electrons. The largest absolute Gasteiger partial charge is 0.473 e. The molecule has 3 aromatic rings. The van der Waals surface area contributed by atoms with E-state index in [0.717, 1.165) is 31.5 Å². The summed E-state index contributed by atoms with van der Waals surface area (Å²) in [5.74, 6) is 0.710. The van der Waals surface area contributed by atoms with E-state index < -0.39 is 0 Å². The number of pyridine rings is 1. The molecular formula is C22H27ClN2O2. The summed E-state index contributed by atoms with van der Waals surface area (Å²) in [7, 11) is 0. The van der Waals surface area contributed by atoms with Crippen LogP contribution in [0.1, 0.15) is 35.2 Å². The van der Waals surface area contributed by atoms with E-state index in [1.807, 2.05) is 6.20 Å². The number of hydrogen-bond acceptors (Lipinski definition) is 3. The maximum absolute atomic E-state index is 6.12. The number of aromatic nitrogens is 2. The Labute approximate surface area is 166 Å². The van der Waals surface area contributed by atoms with Crippen molar-refractivity contribution < 1.29 is 9.47 Å². The molecule has 5 heteroatoms. The van der Waals surface area contributed by atoms with Gasteiger partial charge in [-0.2, -0.15) is 0 Å². The molecule has 1 saturated heterocycles. The van der Waals surface area contributed by atoms with Crippen LogP contribution in [-0.2, 0) is 11.3 Å². The van der Waals surface area contributed by atoms with Gasteiger partial charge in [-0.1, -0.05) is 29.8 Å². The molecule has 0 amide bonds. The highest BCUT2D eigenvalue weighted by molar-refractivity contribution is 5.89. The van der Waals surface area contributed by atoms with Crippen LogP contribution in [0, 0.1) is 20.8 Å². The molecule has 0 saturated carbocycles. The normalized spacial score (nSPS) is 16.5. The van der Waals surface area contributed by atoms with Crippen LogP contribution in [0.2, 0.25) is 0 Å². The van der Waals surface area contributed by atoms with Crippen LogP contribution in [0.4, 0.5) is 0 Å². The zero-order chi connectivity index (χ0) is 18.1. The molecule has 1 aliphatic rings. The highest BCUT2D eigenvalue weighted by Gasteiger charge is 2.20. The van der Waals surface area contributed by atoms with Crippen LogP contribution >= 0.6 is 12.4 Å². The molecule has 1 fully saturated rings. The van der Waals surface area contributed by atoms with E-state index in [9.17, 15) is 0 Å². The summed E-state index contributed by atoms with van der Waals surface area (Å²) in [6, 6.07) is 10.8. The number of nitrogens with zero attached hydrogens (tertiary/aromatic N) is 2. The van der Waals surface area contributed by atoms with Crippen molar-refractivity contribution in [1.29, 1.82) is 0 Å². The molecule has 27 heavy (non-hydrogen) atoms. The molecule has 1 atom stereocenters. The Morgan fingerprint density at radius 1 is 1.22 bits per heavy atom. The minimum Gasteiger partial charge on any atom is -0.473 e. The van der Waals surface area contributed by atoms with Gasteiger partial charge in [-0.3, -0.25) is 0 Å². The molecule has 4 rings (SSSR count). The molecule has 0 bridgehead atoms. The Hall–Kier alpha value is -2.04. The molecular weight excluding hydrogens is 360 g/mol. The maximum atomic E-state index is 6.12. The summed E-state index contributed by atoms with van der Waals surface area (Å²) in [6.45, 7) is 8.71. The number of halogens is 1. The molecule has 1 unspecified atom stereocenters. The van der Waals surface area contributed by atoms with Crippen molar-refractivity contribution in [3.05, 3.63) is 58.9 Å². The zero-order valence-electron chi connectivity index (χ0n) is 16.2. The summed E-state index contributed by atoms with van der Waals surface area (Å²) >= 11 is 0. The average molecular weight is 387 g/mol. The standard InChI is InChI=1S/C22H26N2O2.ClH/c1-15-6-4-7-18(12-15)13-24-17(3)16(2)20-9-10-23-22(21(20)24)26-14-19-8-5-11-25-19;/h4,6-7,9-10,12,19H,5,8,11,13-14H2,1-3H3;1H. The minimum atomic E-state index is 0. The van der Waals surface area contributed by atoms with Gasteiger partial charge in [-0.25, -0.2) is 4.98 Å². The first-order valence-electron chi connectivity index (χ1n) is 9.38. The van der Waals surface area contributed by atoms with Gasteiger partial charge in [-0.15, -0.1) is 12.4 Å². The second-order valence-corrected chi connectivity index (χ2v) is 7.24. The molecule has 1 aromatic carbocycles. The number of hydrogen-bond donors (Lipinski definition) is 0. The molecule has 2 aromatic heterocycles. The molecule has 0 spiro atoms. The third-order valence-electron chi connectivity index (χ3n) is 5.37. The summed E-state index contributed by atoms with van der Waals surface area (Å²) in [5, 5.41) is 1.22. The Balaban J connectivity index is 0.00000210. The topological polar surface area (TPSA) is 36.3 Å². The van der Waals surface area contributed by atoms with Gasteiger partial charge in [0, 0.05) is 30.4 Å². The first kappa shape index (κ1) is 19.7. The van der Waals surface area contributed by atoms with Crippen molar-refractivity contribution in [2.45, 2.75) is 46.3 Å². The lowest BCUT2D eigenvalue weighted by Crippen LogP contribution is -2.17. The smallest absolute Gasteiger partial charge is 0.238 e. The lowest BCUT2D eigenvalue weighted by Gasteiger charge is -2.14. The minimum absolute atomic E-state index is 0. The van der Waals surface area contributed by atoms with Gasteiger partial charge in [0.2, 0.25) is 5.88 Å². The number of ether oxygens (including phenoxy) is 2. The van der Waals surface area contributed by atoms with E-state index >= 15 is 0 Å². The molecule has 1 aliphatic heterocycles. The van der Waals surface area contributed by atoms with Crippen molar-refractivity contribution in [3.8, 4) is 5.88 Å². The number of rotatable bonds is 5. The van der Waals surface area contributed by atoms with E-state index in [2.05, 4.69) is 60.7 Å². The van der Waals surface area contributed by atoms with Crippen LogP contribution in [0.5, 0.6) is 5.88 Å². The van der Waals surface area contributed by atoms with E-state index in [4.69, 9.17) is 9.47 Å². The summed E-state index contributed by atoms with van der Waals surface area (Å²) in [5.41, 5.74) is 6.20. The quantitative estimate of drug-likeness (QED) is 0.619. The summed E-state index contributed by atoms with van der Waals surface area (Å²) in [4.78, 5) is 4.54. The first-order valence-corrected chi connectivity index (χ1v) is 9.38. The zero-order valence-corrected chi connectivity index (χ0v) is 17.0. The maximum Gasteiger partial charge on any atom is 0.238 e. The van der Waals surface area contributed by atoms with Gasteiger partial charge in [0.1, 0.15) is 12.1 Å². The van der Waals surface area contributed by atoms with E-state index in [-0.39, 0.29) is 18.5 Å². The second kappa shape index (κ2) is 8.32. The molecule has 0 aliphatic carbocycles. The second-order valence-electron chi connectivity index (χ2n) is 7.24. The fourth-order valence-corrected chi connectivity index (χ4v) is 3.81. The average Bonchev–Trinajstić information content (AvgIpc) is 3.24. The Kier molecular flexibility index (Phi) is 6.08. The molecule has 4 nitrogen and oxygen atoms in total. The SMILES string of the molecule is Cc1cccc(Cn2c(C)c(C)c3ccnc(OCC4CCCO4)c32)c1.Cl. The number of aryl methyl sites for hydroxylation is 2. The monoisotopic (exact) mass is 386 g/mol. The Morgan fingerprint density at radius 2 is 2.07 bits per heavy atom. The van der Waals surface area contributed by atoms with Gasteiger partial charge < -0.3 is 14.0 Å². The van der Waals surface area contributed by atoms with Crippen molar-refractivity contribution in [1.82, 2.24) is 9.55 Å². The van der Waals surface area contributed by atoms with Gasteiger partial charge in [-0.05, 0) is 50.8 Å². The van der Waals surface area contributed by atoms with Crippen LogP contribution < -0.4 is 4.74 Å². The molecule has 0 radical (unpaired) electrons.